The van der Waals surface area contributed by atoms with Gasteiger partial charge in [0, 0.05) is 19.4 Å². The molecule has 15 heavy (non-hydrogen) atoms. The van der Waals surface area contributed by atoms with Gasteiger partial charge in [-0.05, 0) is 6.92 Å². The van der Waals surface area contributed by atoms with Crippen LogP contribution in [0.25, 0.3) is 0 Å². The molecule has 0 heterocycles. The SMILES string of the molecule is CCC.CCNC(=O)C1(C)CC(F)(F)C1. The van der Waals surface area contributed by atoms with Crippen LogP contribution < -0.4 is 5.32 Å². The molecular weight excluding hydrogens is 200 g/mol. The fourth-order valence-corrected chi connectivity index (χ4v) is 1.62. The maximum absolute atomic E-state index is 12.5. The highest BCUT2D eigenvalue weighted by Gasteiger charge is 2.57. The highest BCUT2D eigenvalue weighted by molar-refractivity contribution is 5.83. The predicted molar refractivity (Wildman–Crippen MR) is 56.9 cm³/mol. The van der Waals surface area contributed by atoms with Crippen LogP contribution in [0.4, 0.5) is 8.78 Å². The van der Waals surface area contributed by atoms with Gasteiger partial charge < -0.3 is 5.32 Å². The summed E-state index contributed by atoms with van der Waals surface area (Å²) >= 11 is 0. The van der Waals surface area contributed by atoms with Crippen LogP contribution in [-0.4, -0.2) is 18.4 Å². The molecule has 4 heteroatoms. The average Bonchev–Trinajstić information content (AvgIpc) is 2.02. The van der Waals surface area contributed by atoms with E-state index in [1.807, 2.05) is 0 Å². The van der Waals surface area contributed by atoms with Crippen LogP contribution in [-0.2, 0) is 4.79 Å². The highest BCUT2D eigenvalue weighted by atomic mass is 19.3. The number of amides is 1. The zero-order valence-electron chi connectivity index (χ0n) is 9.99. The number of halogens is 2. The fourth-order valence-electron chi connectivity index (χ4n) is 1.62. The second-order valence-corrected chi connectivity index (χ2v) is 4.34. The molecule has 0 unspecified atom stereocenters. The van der Waals surface area contributed by atoms with Crippen LogP contribution in [0.15, 0.2) is 0 Å². The molecule has 0 radical (unpaired) electrons. The molecule has 0 bridgehead atoms. The molecule has 0 aromatic rings. The third kappa shape index (κ3) is 4.14. The number of nitrogens with one attached hydrogen (secondary N) is 1. The van der Waals surface area contributed by atoms with E-state index in [2.05, 4.69) is 19.2 Å². The average molecular weight is 221 g/mol. The summed E-state index contributed by atoms with van der Waals surface area (Å²) in [5.41, 5.74) is -0.834. The molecule has 2 nitrogen and oxygen atoms in total. The van der Waals surface area contributed by atoms with Crippen LogP contribution in [0.2, 0.25) is 0 Å². The lowest BCUT2D eigenvalue weighted by molar-refractivity contribution is -0.174. The molecule has 0 aromatic heterocycles. The number of alkyl halides is 2. The Hall–Kier alpha value is -0.670. The molecule has 90 valence electrons. The van der Waals surface area contributed by atoms with Crippen molar-refractivity contribution in [1.82, 2.24) is 5.32 Å². The topological polar surface area (TPSA) is 29.1 Å². The molecule has 1 N–H and O–H groups in total. The number of rotatable bonds is 2. The zero-order chi connectivity index (χ0) is 12.1. The standard InChI is InChI=1S/C8H13F2NO.C3H8/c1-3-11-6(12)7(2)4-8(9,10)5-7;1-3-2/h3-5H2,1-2H3,(H,11,12);3H2,1-2H3. The normalized spacial score (nSPS) is 20.7. The van der Waals surface area contributed by atoms with E-state index in [4.69, 9.17) is 0 Å². The molecule has 1 aliphatic carbocycles. The van der Waals surface area contributed by atoms with Gasteiger partial charge in [0.25, 0.3) is 0 Å². The summed E-state index contributed by atoms with van der Waals surface area (Å²) < 4.78 is 24.9. The smallest absolute Gasteiger partial charge is 0.250 e. The minimum absolute atomic E-state index is 0.254. The van der Waals surface area contributed by atoms with Crippen molar-refractivity contribution in [3.05, 3.63) is 0 Å². The number of hydrogen-bond donors (Lipinski definition) is 1. The Morgan fingerprint density at radius 3 is 1.93 bits per heavy atom. The first-order valence-corrected chi connectivity index (χ1v) is 5.47. The van der Waals surface area contributed by atoms with Gasteiger partial charge in [-0.25, -0.2) is 8.78 Å². The summed E-state index contributed by atoms with van der Waals surface area (Å²) in [4.78, 5) is 11.2. The summed E-state index contributed by atoms with van der Waals surface area (Å²) in [5, 5.41) is 2.55. The van der Waals surface area contributed by atoms with Crippen LogP contribution in [0, 0.1) is 5.41 Å². The molecule has 0 atom stereocenters. The van der Waals surface area contributed by atoms with Gasteiger partial charge in [0.05, 0.1) is 5.41 Å². The molecule has 0 spiro atoms. The largest absolute Gasteiger partial charge is 0.356 e. The molecule has 1 saturated carbocycles. The quantitative estimate of drug-likeness (QED) is 0.763. The van der Waals surface area contributed by atoms with E-state index >= 15 is 0 Å². The van der Waals surface area contributed by atoms with Gasteiger partial charge in [-0.1, -0.05) is 27.2 Å². The zero-order valence-corrected chi connectivity index (χ0v) is 9.99. The Kier molecular flexibility index (Phi) is 5.18. The van der Waals surface area contributed by atoms with Gasteiger partial charge in [-0.2, -0.15) is 0 Å². The Balaban J connectivity index is 0.000000583. The first-order valence-electron chi connectivity index (χ1n) is 5.47. The van der Waals surface area contributed by atoms with Crippen LogP contribution >= 0.6 is 0 Å². The summed E-state index contributed by atoms with van der Waals surface area (Å²) in [6.45, 7) is 8.10. The fraction of sp³-hybridized carbons (Fsp3) is 0.909. The molecule has 0 aliphatic heterocycles. The minimum Gasteiger partial charge on any atom is -0.356 e. The van der Waals surface area contributed by atoms with Crippen molar-refractivity contribution in [2.45, 2.75) is 52.9 Å². The maximum atomic E-state index is 12.5. The van der Waals surface area contributed by atoms with E-state index in [-0.39, 0.29) is 18.7 Å². The van der Waals surface area contributed by atoms with E-state index in [0.717, 1.165) is 0 Å². The minimum atomic E-state index is -2.63. The van der Waals surface area contributed by atoms with Crippen molar-refractivity contribution in [3.8, 4) is 0 Å². The van der Waals surface area contributed by atoms with Crippen LogP contribution in [0.3, 0.4) is 0 Å². The second kappa shape index (κ2) is 5.42. The van der Waals surface area contributed by atoms with Crippen molar-refractivity contribution in [1.29, 1.82) is 0 Å². The van der Waals surface area contributed by atoms with Crippen molar-refractivity contribution >= 4 is 5.91 Å². The summed E-state index contributed by atoms with van der Waals surface area (Å²) in [6, 6.07) is 0. The molecule has 1 fully saturated rings. The van der Waals surface area contributed by atoms with Crippen molar-refractivity contribution in [3.63, 3.8) is 0 Å². The third-order valence-corrected chi connectivity index (χ3v) is 2.18. The monoisotopic (exact) mass is 221 g/mol. The Morgan fingerprint density at radius 2 is 1.67 bits per heavy atom. The molecule has 1 aliphatic rings. The lowest BCUT2D eigenvalue weighted by atomic mass is 9.67. The summed E-state index contributed by atoms with van der Waals surface area (Å²) in [5.74, 6) is -2.88. The van der Waals surface area contributed by atoms with Gasteiger partial charge in [-0.3, -0.25) is 4.79 Å². The second-order valence-electron chi connectivity index (χ2n) is 4.34. The molecular formula is C11H21F2NO. The van der Waals surface area contributed by atoms with Crippen molar-refractivity contribution < 1.29 is 13.6 Å². The lowest BCUT2D eigenvalue weighted by Gasteiger charge is -2.43. The van der Waals surface area contributed by atoms with E-state index in [1.165, 1.54) is 6.42 Å². The van der Waals surface area contributed by atoms with Gasteiger partial charge in [-0.15, -0.1) is 0 Å². The first kappa shape index (κ1) is 14.3. The third-order valence-electron chi connectivity index (χ3n) is 2.18. The van der Waals surface area contributed by atoms with E-state index in [9.17, 15) is 13.6 Å². The highest BCUT2D eigenvalue weighted by Crippen LogP contribution is 2.51. The first-order chi connectivity index (χ1) is 6.81. The number of carbonyl (C=O) groups excluding carboxylic acids is 1. The number of hydrogen-bond acceptors (Lipinski definition) is 1. The Bertz CT molecular complexity index is 209. The van der Waals surface area contributed by atoms with Crippen LogP contribution in [0.5, 0.6) is 0 Å². The van der Waals surface area contributed by atoms with Crippen LogP contribution in [0.1, 0.15) is 47.0 Å². The van der Waals surface area contributed by atoms with Crippen molar-refractivity contribution in [2.24, 2.45) is 5.41 Å². The molecule has 0 saturated heterocycles. The predicted octanol–water partition coefficient (Wildman–Crippen LogP) is 2.97. The van der Waals surface area contributed by atoms with E-state index in [1.54, 1.807) is 13.8 Å². The van der Waals surface area contributed by atoms with Crippen molar-refractivity contribution in [2.75, 3.05) is 6.54 Å². The Labute approximate surface area is 90.4 Å². The Morgan fingerprint density at radius 1 is 1.27 bits per heavy atom. The van der Waals surface area contributed by atoms with Gasteiger partial charge in [0.15, 0.2) is 0 Å². The lowest BCUT2D eigenvalue weighted by Crippen LogP contribution is -2.53. The molecule has 1 rings (SSSR count). The summed E-state index contributed by atoms with van der Waals surface area (Å²) in [7, 11) is 0. The van der Waals surface area contributed by atoms with E-state index in [0.29, 0.717) is 6.54 Å². The molecule has 0 aromatic carbocycles. The van der Waals surface area contributed by atoms with E-state index < -0.39 is 11.3 Å². The summed E-state index contributed by atoms with van der Waals surface area (Å²) in [6.07, 6.45) is 0.623. The van der Waals surface area contributed by atoms with Gasteiger partial charge in [0.2, 0.25) is 11.8 Å². The maximum Gasteiger partial charge on any atom is 0.250 e. The van der Waals surface area contributed by atoms with Gasteiger partial charge in [0.1, 0.15) is 0 Å². The van der Waals surface area contributed by atoms with Gasteiger partial charge >= 0.3 is 0 Å². The number of carbonyl (C=O) groups is 1. The molecule has 1 amide bonds.